The third-order valence-corrected chi connectivity index (χ3v) is 2.86. The van der Waals surface area contributed by atoms with E-state index in [9.17, 15) is 10.2 Å². The highest BCUT2D eigenvalue weighted by Crippen LogP contribution is 2.40. The Bertz CT molecular complexity index is 274. The van der Waals surface area contributed by atoms with E-state index < -0.39 is 29.2 Å². The summed E-state index contributed by atoms with van der Waals surface area (Å²) in [4.78, 5) is 0. The topological polar surface area (TPSA) is 58.9 Å². The van der Waals surface area contributed by atoms with E-state index in [0.29, 0.717) is 0 Å². The van der Waals surface area contributed by atoms with Crippen molar-refractivity contribution in [3.05, 3.63) is 12.2 Å². The summed E-state index contributed by atoms with van der Waals surface area (Å²) in [5.41, 5.74) is 0. The molecular formula is C9H13ClO4. The lowest BCUT2D eigenvalue weighted by molar-refractivity contribution is -0.165. The first-order valence-electron chi connectivity index (χ1n) is 4.46. The van der Waals surface area contributed by atoms with Crippen LogP contribution in [-0.4, -0.2) is 39.4 Å². The number of hydrogen-bond acceptors (Lipinski definition) is 4. The van der Waals surface area contributed by atoms with Crippen molar-refractivity contribution in [2.45, 2.75) is 43.0 Å². The molecule has 0 aromatic carbocycles. The molecular weight excluding hydrogens is 208 g/mol. The summed E-state index contributed by atoms with van der Waals surface area (Å²) in [6, 6.07) is 0. The van der Waals surface area contributed by atoms with Crippen LogP contribution in [0.1, 0.15) is 13.8 Å². The molecule has 2 N–H and O–H groups in total. The summed E-state index contributed by atoms with van der Waals surface area (Å²) >= 11 is 5.80. The quantitative estimate of drug-likeness (QED) is 0.457. The lowest BCUT2D eigenvalue weighted by atomic mass is 9.96. The highest BCUT2D eigenvalue weighted by molar-refractivity contribution is 6.23. The van der Waals surface area contributed by atoms with E-state index >= 15 is 0 Å². The van der Waals surface area contributed by atoms with Gasteiger partial charge in [0.1, 0.15) is 18.3 Å². The first-order chi connectivity index (χ1) is 6.33. The van der Waals surface area contributed by atoms with Crippen LogP contribution in [-0.2, 0) is 9.47 Å². The predicted molar refractivity (Wildman–Crippen MR) is 49.8 cm³/mol. The third kappa shape index (κ3) is 1.47. The van der Waals surface area contributed by atoms with E-state index in [1.165, 1.54) is 6.08 Å². The summed E-state index contributed by atoms with van der Waals surface area (Å²) in [6.07, 6.45) is 0.790. The van der Waals surface area contributed by atoms with Crippen LogP contribution in [0, 0.1) is 0 Å². The molecule has 1 saturated heterocycles. The molecule has 0 spiro atoms. The van der Waals surface area contributed by atoms with Crippen molar-refractivity contribution in [2.24, 2.45) is 0 Å². The third-order valence-electron chi connectivity index (χ3n) is 2.43. The normalized spacial score (nSPS) is 50.5. The van der Waals surface area contributed by atoms with Gasteiger partial charge in [0.15, 0.2) is 10.8 Å². The fourth-order valence-electron chi connectivity index (χ4n) is 1.76. The fraction of sp³-hybridized carbons (Fsp3) is 0.778. The number of aliphatic hydroxyl groups excluding tert-OH is 1. The van der Waals surface area contributed by atoms with Gasteiger partial charge in [-0.1, -0.05) is 23.8 Å². The summed E-state index contributed by atoms with van der Waals surface area (Å²) in [7, 11) is 0. The minimum Gasteiger partial charge on any atom is -0.385 e. The molecule has 4 nitrogen and oxygen atoms in total. The highest BCUT2D eigenvalue weighted by Gasteiger charge is 2.55. The Balaban J connectivity index is 2.29. The van der Waals surface area contributed by atoms with E-state index in [2.05, 4.69) is 0 Å². The molecule has 0 amide bonds. The largest absolute Gasteiger partial charge is 0.385 e. The molecule has 4 atom stereocenters. The SMILES string of the molecule is CC1(C)O[C@H]2C=C[C@H](O)[C@@](O)(Cl)[C@H]2O1. The van der Waals surface area contributed by atoms with Gasteiger partial charge in [0, 0.05) is 0 Å². The highest BCUT2D eigenvalue weighted by atomic mass is 35.5. The zero-order valence-corrected chi connectivity index (χ0v) is 8.73. The number of hydrogen-bond donors (Lipinski definition) is 2. The smallest absolute Gasteiger partial charge is 0.197 e. The summed E-state index contributed by atoms with van der Waals surface area (Å²) in [5.74, 6) is -0.785. The Morgan fingerprint density at radius 3 is 2.57 bits per heavy atom. The molecule has 0 bridgehead atoms. The van der Waals surface area contributed by atoms with E-state index in [4.69, 9.17) is 21.1 Å². The van der Waals surface area contributed by atoms with E-state index in [-0.39, 0.29) is 0 Å². The van der Waals surface area contributed by atoms with Gasteiger partial charge in [0.25, 0.3) is 0 Å². The van der Waals surface area contributed by atoms with Crippen LogP contribution in [0.3, 0.4) is 0 Å². The number of rotatable bonds is 0. The number of halogens is 1. The first-order valence-corrected chi connectivity index (χ1v) is 4.84. The standard InChI is InChI=1S/C9H13ClO4/c1-8(2)13-5-3-4-6(11)9(10,12)7(5)14-8/h3-7,11-12H,1-2H3/t5-,6-,7-,9-/m0/s1. The van der Waals surface area contributed by atoms with Crippen LogP contribution in [0.5, 0.6) is 0 Å². The van der Waals surface area contributed by atoms with Gasteiger partial charge in [0.2, 0.25) is 0 Å². The maximum absolute atomic E-state index is 9.80. The molecule has 0 radical (unpaired) electrons. The van der Waals surface area contributed by atoms with Gasteiger partial charge < -0.3 is 19.7 Å². The Morgan fingerprint density at radius 1 is 1.29 bits per heavy atom. The first kappa shape index (κ1) is 10.4. The van der Waals surface area contributed by atoms with Crippen LogP contribution in [0.2, 0.25) is 0 Å². The molecule has 0 aromatic heterocycles. The summed E-state index contributed by atoms with van der Waals surface area (Å²) in [5, 5.41) is 17.4. The molecule has 0 saturated carbocycles. The molecule has 1 fully saturated rings. The average molecular weight is 221 g/mol. The number of fused-ring (bicyclic) bond motifs is 1. The van der Waals surface area contributed by atoms with Crippen molar-refractivity contribution >= 4 is 11.6 Å². The molecule has 1 aliphatic carbocycles. The zero-order chi connectivity index (χ0) is 10.6. The van der Waals surface area contributed by atoms with Gasteiger partial charge in [0.05, 0.1) is 0 Å². The van der Waals surface area contributed by atoms with Crippen LogP contribution < -0.4 is 0 Å². The van der Waals surface area contributed by atoms with Gasteiger partial charge in [-0.05, 0) is 13.8 Å². The predicted octanol–water partition coefficient (Wildman–Crippen LogP) is 0.365. The monoisotopic (exact) mass is 220 g/mol. The Kier molecular flexibility index (Phi) is 2.18. The van der Waals surface area contributed by atoms with Crippen LogP contribution in [0.4, 0.5) is 0 Å². The van der Waals surface area contributed by atoms with Gasteiger partial charge in [-0.3, -0.25) is 0 Å². The zero-order valence-electron chi connectivity index (χ0n) is 7.98. The summed E-state index contributed by atoms with van der Waals surface area (Å²) < 4.78 is 10.9. The second kappa shape index (κ2) is 2.93. The Labute approximate surface area is 87.1 Å². The van der Waals surface area contributed by atoms with E-state index in [1.807, 2.05) is 0 Å². The fourth-order valence-corrected chi connectivity index (χ4v) is 2.00. The molecule has 0 aromatic rings. The van der Waals surface area contributed by atoms with Crippen molar-refractivity contribution < 1.29 is 19.7 Å². The molecule has 14 heavy (non-hydrogen) atoms. The average Bonchev–Trinajstić information content (AvgIpc) is 2.35. The van der Waals surface area contributed by atoms with Gasteiger partial charge in [-0.15, -0.1) is 0 Å². The lowest BCUT2D eigenvalue weighted by Gasteiger charge is -2.34. The van der Waals surface area contributed by atoms with Crippen molar-refractivity contribution in [3.63, 3.8) is 0 Å². The van der Waals surface area contributed by atoms with Crippen LogP contribution >= 0.6 is 11.6 Å². The maximum atomic E-state index is 9.80. The minimum absolute atomic E-state index is 0.407. The van der Waals surface area contributed by atoms with Gasteiger partial charge in [-0.2, -0.15) is 0 Å². The lowest BCUT2D eigenvalue weighted by Crippen LogP contribution is -2.53. The van der Waals surface area contributed by atoms with Crippen molar-refractivity contribution in [3.8, 4) is 0 Å². The van der Waals surface area contributed by atoms with Crippen LogP contribution in [0.25, 0.3) is 0 Å². The van der Waals surface area contributed by atoms with Crippen LogP contribution in [0.15, 0.2) is 12.2 Å². The van der Waals surface area contributed by atoms with Crippen molar-refractivity contribution in [1.82, 2.24) is 0 Å². The maximum Gasteiger partial charge on any atom is 0.197 e. The second-order valence-electron chi connectivity index (χ2n) is 4.08. The molecule has 2 rings (SSSR count). The molecule has 5 heteroatoms. The molecule has 1 heterocycles. The van der Waals surface area contributed by atoms with Gasteiger partial charge >= 0.3 is 0 Å². The number of aliphatic hydroxyl groups is 2. The van der Waals surface area contributed by atoms with E-state index in [1.54, 1.807) is 19.9 Å². The molecule has 1 aliphatic heterocycles. The summed E-state index contributed by atoms with van der Waals surface area (Å²) in [6.45, 7) is 3.47. The second-order valence-corrected chi connectivity index (χ2v) is 4.68. The minimum atomic E-state index is -1.81. The van der Waals surface area contributed by atoms with E-state index in [0.717, 1.165) is 0 Å². The Hall–Kier alpha value is -0.130. The molecule has 2 aliphatic rings. The number of alkyl halides is 1. The number of ether oxygens (including phenoxy) is 2. The van der Waals surface area contributed by atoms with Crippen molar-refractivity contribution in [2.75, 3.05) is 0 Å². The Morgan fingerprint density at radius 2 is 1.93 bits per heavy atom. The van der Waals surface area contributed by atoms with Crippen molar-refractivity contribution in [1.29, 1.82) is 0 Å². The molecule has 80 valence electrons. The van der Waals surface area contributed by atoms with Gasteiger partial charge in [-0.25, -0.2) is 0 Å². The molecule has 0 unspecified atom stereocenters.